The minimum absolute atomic E-state index is 0.251. The molecule has 1 saturated carbocycles. The molecule has 1 aliphatic carbocycles. The van der Waals surface area contributed by atoms with Gasteiger partial charge in [0.1, 0.15) is 11.6 Å². The molecule has 4 rings (SSSR count). The first kappa shape index (κ1) is 19.2. The summed E-state index contributed by atoms with van der Waals surface area (Å²) in [5.41, 5.74) is 0.887. The van der Waals surface area contributed by atoms with Gasteiger partial charge >= 0.3 is 0 Å². The number of rotatable bonds is 7. The number of carbonyl (C=O) groups is 1. The summed E-state index contributed by atoms with van der Waals surface area (Å²) in [5.74, 6) is -1.43. The van der Waals surface area contributed by atoms with Crippen LogP contribution < -0.4 is 0 Å². The van der Waals surface area contributed by atoms with Gasteiger partial charge in [-0.2, -0.15) is 0 Å². The van der Waals surface area contributed by atoms with Gasteiger partial charge in [0.25, 0.3) is 5.91 Å². The third kappa shape index (κ3) is 4.67. The maximum atomic E-state index is 13.6. The summed E-state index contributed by atoms with van der Waals surface area (Å²) in [6.45, 7) is 1.13. The van der Waals surface area contributed by atoms with Crippen molar-refractivity contribution in [2.45, 2.75) is 25.9 Å². The molecule has 1 heterocycles. The summed E-state index contributed by atoms with van der Waals surface area (Å²) in [4.78, 5) is 19.0. The zero-order valence-electron chi connectivity index (χ0n) is 15.7. The average molecular weight is 399 g/mol. The molecule has 1 amide bonds. The van der Waals surface area contributed by atoms with Crippen molar-refractivity contribution in [1.82, 2.24) is 14.5 Å². The highest BCUT2D eigenvalue weighted by Gasteiger charge is 2.28. The molecule has 0 atom stereocenters. The molecule has 1 aromatic heterocycles. The van der Waals surface area contributed by atoms with E-state index in [0.29, 0.717) is 36.0 Å². The first-order valence-electron chi connectivity index (χ1n) is 9.48. The Morgan fingerprint density at radius 1 is 1.10 bits per heavy atom. The highest BCUT2D eigenvalue weighted by Crippen LogP contribution is 2.30. The lowest BCUT2D eigenvalue weighted by molar-refractivity contribution is 0.0728. The van der Waals surface area contributed by atoms with E-state index in [1.165, 1.54) is 24.3 Å². The van der Waals surface area contributed by atoms with Crippen molar-refractivity contribution in [3.05, 3.63) is 89.3 Å². The second-order valence-corrected chi connectivity index (χ2v) is 7.36. The van der Waals surface area contributed by atoms with Crippen molar-refractivity contribution in [2.24, 2.45) is 5.92 Å². The van der Waals surface area contributed by atoms with Crippen LogP contribution >= 0.6 is 0 Å². The molecule has 2 aromatic carbocycles. The van der Waals surface area contributed by atoms with Gasteiger partial charge in [-0.15, -0.1) is 0 Å². The van der Waals surface area contributed by atoms with Crippen LogP contribution in [0, 0.1) is 23.4 Å². The summed E-state index contributed by atoms with van der Waals surface area (Å²) in [7, 11) is 0. The standard InChI is InChI=1S/C22H20F3N3O/c23-18-3-1-2-17(11-18)22(29)28(12-15-4-5-15)14-21-26-8-9-27(21)13-16-6-7-19(24)20(25)10-16/h1-3,6-11,15H,4-5,12-14H2. The topological polar surface area (TPSA) is 38.1 Å². The Morgan fingerprint density at radius 3 is 2.66 bits per heavy atom. The summed E-state index contributed by atoms with van der Waals surface area (Å²) in [5, 5.41) is 0. The Labute approximate surface area is 166 Å². The Bertz CT molecular complexity index is 1030. The molecule has 1 aliphatic rings. The van der Waals surface area contributed by atoms with Crippen molar-refractivity contribution >= 4 is 5.91 Å². The number of amides is 1. The SMILES string of the molecule is O=C(c1cccc(F)c1)N(Cc1nccn1Cc1ccc(F)c(F)c1)CC1CC1. The highest BCUT2D eigenvalue weighted by molar-refractivity contribution is 5.94. The van der Waals surface area contributed by atoms with Crippen LogP contribution in [0.25, 0.3) is 0 Å². The van der Waals surface area contributed by atoms with E-state index < -0.39 is 17.5 Å². The lowest BCUT2D eigenvalue weighted by atomic mass is 10.2. The quantitative estimate of drug-likeness (QED) is 0.591. The van der Waals surface area contributed by atoms with E-state index in [1.54, 1.807) is 27.9 Å². The van der Waals surface area contributed by atoms with Crippen molar-refractivity contribution < 1.29 is 18.0 Å². The number of imidazole rings is 1. The molecule has 7 heteroatoms. The van der Waals surface area contributed by atoms with E-state index in [0.717, 1.165) is 25.0 Å². The number of hydrogen-bond acceptors (Lipinski definition) is 2. The zero-order valence-corrected chi connectivity index (χ0v) is 15.7. The maximum absolute atomic E-state index is 13.6. The molecule has 3 aromatic rings. The molecule has 0 unspecified atom stereocenters. The molecule has 150 valence electrons. The number of aromatic nitrogens is 2. The van der Waals surface area contributed by atoms with E-state index in [2.05, 4.69) is 4.98 Å². The molecule has 0 spiro atoms. The molecule has 0 N–H and O–H groups in total. The Morgan fingerprint density at radius 2 is 1.93 bits per heavy atom. The zero-order chi connectivity index (χ0) is 20.4. The number of halogens is 3. The fourth-order valence-electron chi connectivity index (χ4n) is 3.28. The largest absolute Gasteiger partial charge is 0.331 e. The molecule has 29 heavy (non-hydrogen) atoms. The number of benzene rings is 2. The van der Waals surface area contributed by atoms with Crippen LogP contribution in [0.2, 0.25) is 0 Å². The molecule has 0 aliphatic heterocycles. The average Bonchev–Trinajstić information content (AvgIpc) is 3.42. The van der Waals surface area contributed by atoms with Gasteiger partial charge in [-0.3, -0.25) is 4.79 Å². The van der Waals surface area contributed by atoms with Gasteiger partial charge in [0.2, 0.25) is 0 Å². The summed E-state index contributed by atoms with van der Waals surface area (Å²) in [6, 6.07) is 9.41. The third-order valence-corrected chi connectivity index (χ3v) is 5.01. The monoisotopic (exact) mass is 399 g/mol. The lowest BCUT2D eigenvalue weighted by Crippen LogP contribution is -2.33. The highest BCUT2D eigenvalue weighted by atomic mass is 19.2. The Balaban J connectivity index is 1.54. The van der Waals surface area contributed by atoms with Crippen LogP contribution in [-0.2, 0) is 13.1 Å². The number of hydrogen-bond donors (Lipinski definition) is 0. The van der Waals surface area contributed by atoms with Crippen LogP contribution in [0.4, 0.5) is 13.2 Å². The fraction of sp³-hybridized carbons (Fsp3) is 0.273. The van der Waals surface area contributed by atoms with Crippen LogP contribution in [0.15, 0.2) is 54.9 Å². The smallest absolute Gasteiger partial charge is 0.254 e. The van der Waals surface area contributed by atoms with Crippen LogP contribution in [0.1, 0.15) is 34.6 Å². The summed E-state index contributed by atoms with van der Waals surface area (Å²) >= 11 is 0. The van der Waals surface area contributed by atoms with E-state index in [1.807, 2.05) is 0 Å². The van der Waals surface area contributed by atoms with Crippen molar-refractivity contribution in [3.63, 3.8) is 0 Å². The van der Waals surface area contributed by atoms with E-state index in [-0.39, 0.29) is 12.5 Å². The summed E-state index contributed by atoms with van der Waals surface area (Å²) in [6.07, 6.45) is 5.47. The van der Waals surface area contributed by atoms with Crippen LogP contribution in [-0.4, -0.2) is 26.9 Å². The van der Waals surface area contributed by atoms with Gasteiger partial charge in [-0.25, -0.2) is 18.2 Å². The first-order valence-corrected chi connectivity index (χ1v) is 9.48. The molecule has 0 saturated heterocycles. The van der Waals surface area contributed by atoms with Crippen molar-refractivity contribution in [3.8, 4) is 0 Å². The second kappa shape index (κ2) is 8.11. The fourth-order valence-corrected chi connectivity index (χ4v) is 3.28. The first-order chi connectivity index (χ1) is 14.0. The number of carbonyl (C=O) groups excluding carboxylic acids is 1. The van der Waals surface area contributed by atoms with Crippen molar-refractivity contribution in [1.29, 1.82) is 0 Å². The molecular weight excluding hydrogens is 379 g/mol. The lowest BCUT2D eigenvalue weighted by Gasteiger charge is -2.23. The van der Waals surface area contributed by atoms with Gasteiger partial charge in [-0.05, 0) is 54.7 Å². The minimum atomic E-state index is -0.902. The normalized spacial score (nSPS) is 13.5. The van der Waals surface area contributed by atoms with Crippen molar-refractivity contribution in [2.75, 3.05) is 6.54 Å². The van der Waals surface area contributed by atoms with Gasteiger partial charge in [0.05, 0.1) is 6.54 Å². The number of nitrogens with zero attached hydrogens (tertiary/aromatic N) is 3. The maximum Gasteiger partial charge on any atom is 0.254 e. The summed E-state index contributed by atoms with van der Waals surface area (Å²) < 4.78 is 42.0. The second-order valence-electron chi connectivity index (χ2n) is 7.36. The molecule has 0 bridgehead atoms. The molecular formula is C22H20F3N3O. The van der Waals surface area contributed by atoms with Gasteiger partial charge in [-0.1, -0.05) is 12.1 Å². The van der Waals surface area contributed by atoms with E-state index in [9.17, 15) is 18.0 Å². The van der Waals surface area contributed by atoms with E-state index >= 15 is 0 Å². The van der Waals surface area contributed by atoms with Crippen LogP contribution in [0.3, 0.4) is 0 Å². The van der Waals surface area contributed by atoms with Gasteiger partial charge in [0, 0.05) is 31.0 Å². The van der Waals surface area contributed by atoms with Gasteiger partial charge in [0.15, 0.2) is 11.6 Å². The van der Waals surface area contributed by atoms with Gasteiger partial charge < -0.3 is 9.47 Å². The predicted molar refractivity (Wildman–Crippen MR) is 102 cm³/mol. The Kier molecular flexibility index (Phi) is 5.38. The van der Waals surface area contributed by atoms with Crippen LogP contribution in [0.5, 0.6) is 0 Å². The molecule has 0 radical (unpaired) electrons. The predicted octanol–water partition coefficient (Wildman–Crippen LogP) is 4.40. The molecule has 1 fully saturated rings. The molecule has 4 nitrogen and oxygen atoms in total. The van der Waals surface area contributed by atoms with E-state index in [4.69, 9.17) is 0 Å². The Hall–Kier alpha value is -3.09. The minimum Gasteiger partial charge on any atom is -0.331 e. The third-order valence-electron chi connectivity index (χ3n) is 5.01.